The highest BCUT2D eigenvalue weighted by Crippen LogP contribution is 2.28. The zero-order valence-corrected chi connectivity index (χ0v) is 12.9. The Morgan fingerprint density at radius 2 is 1.83 bits per heavy atom. The Kier molecular flexibility index (Phi) is 3.30. The van der Waals surface area contributed by atoms with E-state index >= 15 is 0 Å². The van der Waals surface area contributed by atoms with Gasteiger partial charge >= 0.3 is 0 Å². The van der Waals surface area contributed by atoms with Crippen LogP contribution in [0.4, 0.5) is 5.69 Å². The molecule has 0 radical (unpaired) electrons. The molecule has 2 amide bonds. The van der Waals surface area contributed by atoms with Crippen molar-refractivity contribution < 1.29 is 9.59 Å². The maximum atomic E-state index is 12.6. The molecule has 3 aromatic rings. The first-order chi connectivity index (χ1) is 11.6. The number of hydrogen-bond acceptors (Lipinski definition) is 3. The maximum absolute atomic E-state index is 12.6. The Morgan fingerprint density at radius 1 is 1.12 bits per heavy atom. The molecule has 1 heterocycles. The van der Waals surface area contributed by atoms with Gasteiger partial charge in [0.25, 0.3) is 5.91 Å². The lowest BCUT2D eigenvalue weighted by Gasteiger charge is -2.10. The number of rotatable bonds is 3. The fraction of sp³-hybridized carbons (Fsp3) is 0.167. The van der Waals surface area contributed by atoms with Crippen LogP contribution in [0.1, 0.15) is 21.6 Å². The minimum absolute atomic E-state index is 0.0188. The summed E-state index contributed by atoms with van der Waals surface area (Å²) in [7, 11) is 0. The molecule has 1 aliphatic carbocycles. The lowest BCUT2D eigenvalue weighted by atomic mass is 10.1. The van der Waals surface area contributed by atoms with E-state index in [1.54, 1.807) is 18.2 Å². The van der Waals surface area contributed by atoms with Crippen molar-refractivity contribution in [2.45, 2.75) is 12.8 Å². The van der Waals surface area contributed by atoms with Gasteiger partial charge in [-0.2, -0.15) is 5.10 Å². The van der Waals surface area contributed by atoms with E-state index in [1.807, 2.05) is 12.1 Å². The Balaban J connectivity index is 1.55. The van der Waals surface area contributed by atoms with Gasteiger partial charge in [0.2, 0.25) is 5.91 Å². The number of nitrogens with one attached hydrogen (secondary N) is 2. The molecule has 6 heteroatoms. The number of H-pyrrole nitrogens is 1. The number of carbonyl (C=O) groups excluding carboxylic acids is 2. The molecule has 0 fully saturated rings. The number of anilines is 1. The highest BCUT2D eigenvalue weighted by atomic mass is 16.2. The van der Waals surface area contributed by atoms with Crippen molar-refractivity contribution in [3.8, 4) is 0 Å². The Hall–Kier alpha value is -3.15. The van der Waals surface area contributed by atoms with Gasteiger partial charge in [-0.3, -0.25) is 14.7 Å². The van der Waals surface area contributed by atoms with E-state index in [0.29, 0.717) is 16.6 Å². The predicted octanol–water partition coefficient (Wildman–Crippen LogP) is 2.02. The van der Waals surface area contributed by atoms with Gasteiger partial charge in [0.05, 0.1) is 5.52 Å². The van der Waals surface area contributed by atoms with Crippen molar-refractivity contribution in [3.05, 3.63) is 59.3 Å². The summed E-state index contributed by atoms with van der Waals surface area (Å²) in [6, 6.07) is 13.4. The number of carbonyl (C=O) groups is 2. The third-order valence-corrected chi connectivity index (χ3v) is 4.49. The molecule has 0 atom stereocenters. The molecule has 0 saturated carbocycles. The van der Waals surface area contributed by atoms with Gasteiger partial charge in [-0.05, 0) is 42.2 Å². The van der Waals surface area contributed by atoms with Crippen LogP contribution in [0.3, 0.4) is 0 Å². The smallest absolute Gasteiger partial charge is 0.269 e. The third-order valence-electron chi connectivity index (χ3n) is 4.49. The number of hydrogen-bond donors (Lipinski definition) is 3. The van der Waals surface area contributed by atoms with Crippen LogP contribution in [0, 0.1) is 5.92 Å². The van der Waals surface area contributed by atoms with Gasteiger partial charge < -0.3 is 11.1 Å². The van der Waals surface area contributed by atoms with Crippen molar-refractivity contribution >= 4 is 28.4 Å². The fourth-order valence-corrected chi connectivity index (χ4v) is 3.27. The van der Waals surface area contributed by atoms with Gasteiger partial charge in [0.1, 0.15) is 0 Å². The molecule has 1 aliphatic rings. The van der Waals surface area contributed by atoms with Crippen LogP contribution in [-0.2, 0) is 17.6 Å². The molecule has 24 heavy (non-hydrogen) atoms. The van der Waals surface area contributed by atoms with Crippen LogP contribution < -0.4 is 11.1 Å². The summed E-state index contributed by atoms with van der Waals surface area (Å²) in [6.45, 7) is 0. The first-order valence-electron chi connectivity index (χ1n) is 7.77. The predicted molar refractivity (Wildman–Crippen MR) is 90.6 cm³/mol. The molecule has 1 aromatic heterocycles. The highest BCUT2D eigenvalue weighted by molar-refractivity contribution is 6.05. The number of amides is 2. The van der Waals surface area contributed by atoms with Crippen LogP contribution in [0.25, 0.3) is 10.9 Å². The van der Waals surface area contributed by atoms with E-state index in [4.69, 9.17) is 5.73 Å². The molecule has 0 spiro atoms. The topological polar surface area (TPSA) is 101 Å². The van der Waals surface area contributed by atoms with Crippen LogP contribution in [0.2, 0.25) is 0 Å². The number of nitrogens with two attached hydrogens (primary N) is 1. The average Bonchev–Trinajstić information content (AvgIpc) is 3.18. The standard InChI is InChI=1S/C18H16N4O2/c19-17(23)16-14-9-13(5-6-15(14)21-22-16)20-18(24)12-7-10-3-1-2-4-11(10)8-12/h1-6,9,12H,7-8H2,(H2,19,23)(H,20,24)(H,21,22). The largest absolute Gasteiger partial charge is 0.364 e. The normalized spacial score (nSPS) is 13.8. The number of aromatic nitrogens is 2. The van der Waals surface area contributed by atoms with Gasteiger partial charge in [0.15, 0.2) is 5.69 Å². The quantitative estimate of drug-likeness (QED) is 0.688. The molecule has 0 saturated heterocycles. The summed E-state index contributed by atoms with van der Waals surface area (Å²) in [4.78, 5) is 23.9. The van der Waals surface area contributed by atoms with Crippen LogP contribution in [-0.4, -0.2) is 22.0 Å². The summed E-state index contributed by atoms with van der Waals surface area (Å²) in [5.41, 5.74) is 9.30. The lowest BCUT2D eigenvalue weighted by molar-refractivity contribution is -0.119. The number of benzene rings is 2. The van der Waals surface area contributed by atoms with E-state index in [9.17, 15) is 9.59 Å². The van der Waals surface area contributed by atoms with Crippen molar-refractivity contribution in [1.29, 1.82) is 0 Å². The summed E-state index contributed by atoms with van der Waals surface area (Å²) < 4.78 is 0. The molecule has 0 aliphatic heterocycles. The molecule has 6 nitrogen and oxygen atoms in total. The molecule has 2 aromatic carbocycles. The highest BCUT2D eigenvalue weighted by Gasteiger charge is 2.27. The minimum atomic E-state index is -0.601. The van der Waals surface area contributed by atoms with Crippen molar-refractivity contribution in [1.82, 2.24) is 10.2 Å². The van der Waals surface area contributed by atoms with Crippen LogP contribution >= 0.6 is 0 Å². The third kappa shape index (κ3) is 2.42. The summed E-state index contributed by atoms with van der Waals surface area (Å²) >= 11 is 0. The monoisotopic (exact) mass is 320 g/mol. The van der Waals surface area contributed by atoms with Gasteiger partial charge in [-0.25, -0.2) is 0 Å². The zero-order valence-electron chi connectivity index (χ0n) is 12.9. The van der Waals surface area contributed by atoms with E-state index in [2.05, 4.69) is 27.6 Å². The second kappa shape index (κ2) is 5.49. The Morgan fingerprint density at radius 3 is 2.50 bits per heavy atom. The fourth-order valence-electron chi connectivity index (χ4n) is 3.27. The van der Waals surface area contributed by atoms with Crippen molar-refractivity contribution in [3.63, 3.8) is 0 Å². The molecule has 0 bridgehead atoms. The van der Waals surface area contributed by atoms with E-state index in [1.165, 1.54) is 11.1 Å². The SMILES string of the molecule is NC(=O)c1n[nH]c2ccc(NC(=O)C3Cc4ccccc4C3)cc12. The molecular formula is C18H16N4O2. The molecule has 4 N–H and O–H groups in total. The lowest BCUT2D eigenvalue weighted by Crippen LogP contribution is -2.23. The molecule has 4 rings (SSSR count). The molecular weight excluding hydrogens is 304 g/mol. The van der Waals surface area contributed by atoms with Crippen molar-refractivity contribution in [2.24, 2.45) is 11.7 Å². The van der Waals surface area contributed by atoms with Crippen LogP contribution in [0.15, 0.2) is 42.5 Å². The first-order valence-corrected chi connectivity index (χ1v) is 7.77. The van der Waals surface area contributed by atoms with E-state index in [-0.39, 0.29) is 17.5 Å². The van der Waals surface area contributed by atoms with E-state index < -0.39 is 5.91 Å². The number of primary amides is 1. The maximum Gasteiger partial charge on any atom is 0.269 e. The van der Waals surface area contributed by atoms with Gasteiger partial charge in [-0.1, -0.05) is 24.3 Å². The van der Waals surface area contributed by atoms with Crippen LogP contribution in [0.5, 0.6) is 0 Å². The van der Waals surface area contributed by atoms with Crippen molar-refractivity contribution in [2.75, 3.05) is 5.32 Å². The number of nitrogens with zero attached hydrogens (tertiary/aromatic N) is 1. The summed E-state index contributed by atoms with van der Waals surface area (Å²) in [5, 5.41) is 10.2. The average molecular weight is 320 g/mol. The zero-order chi connectivity index (χ0) is 16.7. The second-order valence-electron chi connectivity index (χ2n) is 6.06. The Labute approximate surface area is 138 Å². The Bertz CT molecular complexity index is 936. The summed E-state index contributed by atoms with van der Waals surface area (Å²) in [5.74, 6) is -0.691. The van der Waals surface area contributed by atoms with Gasteiger partial charge in [0, 0.05) is 17.0 Å². The van der Waals surface area contributed by atoms with Gasteiger partial charge in [-0.15, -0.1) is 0 Å². The number of fused-ring (bicyclic) bond motifs is 2. The minimum Gasteiger partial charge on any atom is -0.364 e. The summed E-state index contributed by atoms with van der Waals surface area (Å²) in [6.07, 6.45) is 1.50. The molecule has 0 unspecified atom stereocenters. The number of aromatic amines is 1. The molecule has 120 valence electrons. The second-order valence-corrected chi connectivity index (χ2v) is 6.06. The van der Waals surface area contributed by atoms with E-state index in [0.717, 1.165) is 12.8 Å². The first kappa shape index (κ1) is 14.4.